The van der Waals surface area contributed by atoms with Crippen LogP contribution in [-0.2, 0) is 12.8 Å². The van der Waals surface area contributed by atoms with Gasteiger partial charge in [-0.1, -0.05) is 43.3 Å². The summed E-state index contributed by atoms with van der Waals surface area (Å²) in [5.74, 6) is 0.655. The van der Waals surface area contributed by atoms with Crippen molar-refractivity contribution in [2.24, 2.45) is 0 Å². The second kappa shape index (κ2) is 6.74. The molecule has 98 valence electrons. The lowest BCUT2D eigenvalue weighted by Gasteiger charge is -2.08. The third-order valence-electron chi connectivity index (χ3n) is 3.13. The molecule has 0 unspecified atom stereocenters. The molecule has 2 aromatic carbocycles. The van der Waals surface area contributed by atoms with Crippen LogP contribution in [-0.4, -0.2) is 12.9 Å². The summed E-state index contributed by atoms with van der Waals surface area (Å²) >= 11 is 0. The molecular formula is C17H18O2. The van der Waals surface area contributed by atoms with Gasteiger partial charge in [0.1, 0.15) is 5.75 Å². The van der Waals surface area contributed by atoms with Crippen molar-refractivity contribution in [2.45, 2.75) is 19.8 Å². The van der Waals surface area contributed by atoms with E-state index in [0.29, 0.717) is 17.9 Å². The molecule has 2 aromatic rings. The number of para-hydroxylation sites is 1. The van der Waals surface area contributed by atoms with Crippen LogP contribution in [0.5, 0.6) is 5.75 Å². The minimum absolute atomic E-state index is 0.580. The van der Waals surface area contributed by atoms with Crippen molar-refractivity contribution in [1.82, 2.24) is 0 Å². The van der Waals surface area contributed by atoms with Crippen LogP contribution >= 0.6 is 0 Å². The number of aldehydes is 1. The zero-order valence-corrected chi connectivity index (χ0v) is 11.1. The number of aryl methyl sites for hydroxylation is 1. The molecular weight excluding hydrogens is 236 g/mol. The predicted octanol–water partition coefficient (Wildman–Crippen LogP) is 3.68. The van der Waals surface area contributed by atoms with E-state index in [1.165, 1.54) is 11.1 Å². The highest BCUT2D eigenvalue weighted by molar-refractivity contribution is 5.79. The molecule has 2 rings (SSSR count). The van der Waals surface area contributed by atoms with E-state index in [9.17, 15) is 4.79 Å². The van der Waals surface area contributed by atoms with Crippen molar-refractivity contribution in [2.75, 3.05) is 6.61 Å². The molecule has 0 saturated heterocycles. The summed E-state index contributed by atoms with van der Waals surface area (Å²) in [4.78, 5) is 10.9. The highest BCUT2D eigenvalue weighted by Gasteiger charge is 2.01. The number of carbonyl (C=O) groups is 1. The van der Waals surface area contributed by atoms with Gasteiger partial charge in [0, 0.05) is 6.42 Å². The fourth-order valence-corrected chi connectivity index (χ4v) is 1.93. The SMILES string of the molecule is CCc1ccc(CCOc2ccccc2C=O)cc1. The standard InChI is InChI=1S/C17H18O2/c1-2-14-7-9-15(10-8-14)11-12-19-17-6-4-3-5-16(17)13-18/h3-10,13H,2,11-12H2,1H3. The van der Waals surface area contributed by atoms with E-state index in [-0.39, 0.29) is 0 Å². The first-order chi connectivity index (χ1) is 9.33. The van der Waals surface area contributed by atoms with Gasteiger partial charge in [-0.05, 0) is 29.7 Å². The average molecular weight is 254 g/mol. The van der Waals surface area contributed by atoms with E-state index in [1.807, 2.05) is 18.2 Å². The van der Waals surface area contributed by atoms with E-state index in [1.54, 1.807) is 6.07 Å². The van der Waals surface area contributed by atoms with E-state index in [4.69, 9.17) is 4.74 Å². The maximum absolute atomic E-state index is 10.9. The molecule has 19 heavy (non-hydrogen) atoms. The summed E-state index contributed by atoms with van der Waals surface area (Å²) in [6.45, 7) is 2.73. The van der Waals surface area contributed by atoms with E-state index >= 15 is 0 Å². The summed E-state index contributed by atoms with van der Waals surface area (Å²) < 4.78 is 5.66. The van der Waals surface area contributed by atoms with Gasteiger partial charge in [0.25, 0.3) is 0 Å². The minimum Gasteiger partial charge on any atom is -0.492 e. The maximum Gasteiger partial charge on any atom is 0.153 e. The highest BCUT2D eigenvalue weighted by atomic mass is 16.5. The zero-order valence-electron chi connectivity index (χ0n) is 11.1. The van der Waals surface area contributed by atoms with Gasteiger partial charge in [0.2, 0.25) is 0 Å². The van der Waals surface area contributed by atoms with Gasteiger partial charge in [0.15, 0.2) is 6.29 Å². The van der Waals surface area contributed by atoms with Gasteiger partial charge in [-0.25, -0.2) is 0 Å². The Morgan fingerprint density at radius 3 is 2.37 bits per heavy atom. The summed E-state index contributed by atoms with van der Waals surface area (Å²) in [6, 6.07) is 15.9. The fraction of sp³-hybridized carbons (Fsp3) is 0.235. The molecule has 2 heteroatoms. The monoisotopic (exact) mass is 254 g/mol. The van der Waals surface area contributed by atoms with E-state index < -0.39 is 0 Å². The molecule has 2 nitrogen and oxygen atoms in total. The quantitative estimate of drug-likeness (QED) is 0.735. The summed E-state index contributed by atoms with van der Waals surface area (Å²) in [7, 11) is 0. The second-order valence-electron chi connectivity index (χ2n) is 4.42. The number of rotatable bonds is 6. The number of benzene rings is 2. The van der Waals surface area contributed by atoms with Gasteiger partial charge in [-0.3, -0.25) is 4.79 Å². The van der Waals surface area contributed by atoms with Gasteiger partial charge in [-0.2, -0.15) is 0 Å². The third kappa shape index (κ3) is 3.68. The van der Waals surface area contributed by atoms with Crippen LogP contribution in [0.25, 0.3) is 0 Å². The van der Waals surface area contributed by atoms with Gasteiger partial charge in [-0.15, -0.1) is 0 Å². The summed E-state index contributed by atoms with van der Waals surface area (Å²) in [5, 5.41) is 0. The van der Waals surface area contributed by atoms with E-state index in [0.717, 1.165) is 19.1 Å². The first kappa shape index (κ1) is 13.3. The third-order valence-corrected chi connectivity index (χ3v) is 3.13. The Bertz CT molecular complexity index is 529. The first-order valence-corrected chi connectivity index (χ1v) is 6.58. The Labute approximate surface area is 114 Å². The van der Waals surface area contributed by atoms with Crippen LogP contribution in [0.3, 0.4) is 0 Å². The summed E-state index contributed by atoms with van der Waals surface area (Å²) in [5.41, 5.74) is 3.19. The van der Waals surface area contributed by atoms with Crippen LogP contribution in [0.2, 0.25) is 0 Å². The van der Waals surface area contributed by atoms with E-state index in [2.05, 4.69) is 31.2 Å². The zero-order chi connectivity index (χ0) is 13.5. The molecule has 0 saturated carbocycles. The molecule has 0 radical (unpaired) electrons. The van der Waals surface area contributed by atoms with Crippen LogP contribution in [0.1, 0.15) is 28.4 Å². The van der Waals surface area contributed by atoms with Crippen molar-refractivity contribution in [3.8, 4) is 5.75 Å². The molecule has 0 bridgehead atoms. The van der Waals surface area contributed by atoms with Crippen molar-refractivity contribution in [3.05, 3.63) is 65.2 Å². The van der Waals surface area contributed by atoms with Gasteiger partial charge < -0.3 is 4.74 Å². The molecule has 0 amide bonds. The van der Waals surface area contributed by atoms with Crippen molar-refractivity contribution >= 4 is 6.29 Å². The Morgan fingerprint density at radius 1 is 1.00 bits per heavy atom. The molecule has 0 spiro atoms. The highest BCUT2D eigenvalue weighted by Crippen LogP contribution is 2.16. The molecule has 0 fully saturated rings. The Hall–Kier alpha value is -2.09. The van der Waals surface area contributed by atoms with Crippen LogP contribution in [0.4, 0.5) is 0 Å². The smallest absolute Gasteiger partial charge is 0.153 e. The lowest BCUT2D eigenvalue weighted by molar-refractivity contribution is 0.111. The molecule has 0 aliphatic carbocycles. The Balaban J connectivity index is 1.90. The molecule has 0 heterocycles. The second-order valence-corrected chi connectivity index (χ2v) is 4.42. The average Bonchev–Trinajstić information content (AvgIpc) is 2.48. The minimum atomic E-state index is 0.580. The molecule has 0 N–H and O–H groups in total. The fourth-order valence-electron chi connectivity index (χ4n) is 1.93. The maximum atomic E-state index is 10.9. The summed E-state index contributed by atoms with van der Waals surface area (Å²) in [6.07, 6.45) is 2.73. The largest absolute Gasteiger partial charge is 0.492 e. The number of ether oxygens (including phenoxy) is 1. The van der Waals surface area contributed by atoms with Gasteiger partial charge in [0.05, 0.1) is 12.2 Å². The number of carbonyl (C=O) groups excluding carboxylic acids is 1. The lowest BCUT2D eigenvalue weighted by Crippen LogP contribution is -2.03. The van der Waals surface area contributed by atoms with Gasteiger partial charge >= 0.3 is 0 Å². The molecule has 0 atom stereocenters. The first-order valence-electron chi connectivity index (χ1n) is 6.58. The van der Waals surface area contributed by atoms with Crippen LogP contribution < -0.4 is 4.74 Å². The number of hydrogen-bond acceptors (Lipinski definition) is 2. The van der Waals surface area contributed by atoms with Crippen molar-refractivity contribution in [3.63, 3.8) is 0 Å². The predicted molar refractivity (Wildman–Crippen MR) is 76.8 cm³/mol. The Kier molecular flexibility index (Phi) is 4.73. The van der Waals surface area contributed by atoms with Crippen molar-refractivity contribution in [1.29, 1.82) is 0 Å². The topological polar surface area (TPSA) is 26.3 Å². The molecule has 0 aliphatic rings. The number of hydrogen-bond donors (Lipinski definition) is 0. The van der Waals surface area contributed by atoms with Crippen LogP contribution in [0, 0.1) is 0 Å². The molecule has 0 aliphatic heterocycles. The van der Waals surface area contributed by atoms with Crippen LogP contribution in [0.15, 0.2) is 48.5 Å². The van der Waals surface area contributed by atoms with Crippen molar-refractivity contribution < 1.29 is 9.53 Å². The normalized spacial score (nSPS) is 10.2. The Morgan fingerprint density at radius 2 is 1.68 bits per heavy atom. The molecule has 0 aromatic heterocycles. The lowest BCUT2D eigenvalue weighted by atomic mass is 10.1.